The van der Waals surface area contributed by atoms with E-state index in [-0.39, 0.29) is 18.3 Å². The largest absolute Gasteiger partial charge is 0.484 e. The maximum atomic E-state index is 11.8. The van der Waals surface area contributed by atoms with Crippen LogP contribution in [0.3, 0.4) is 0 Å². The van der Waals surface area contributed by atoms with Crippen LogP contribution in [0.4, 0.5) is 0 Å². The second-order valence-corrected chi connectivity index (χ2v) is 7.14. The summed E-state index contributed by atoms with van der Waals surface area (Å²) in [5.74, 6) is 0.222. The molecule has 2 aromatic rings. The lowest BCUT2D eigenvalue weighted by atomic mass is 10.2. The Labute approximate surface area is 176 Å². The van der Waals surface area contributed by atoms with Crippen molar-refractivity contribution in [3.63, 3.8) is 0 Å². The standard InChI is InChI=1S/C19H20BrN3O4S/c1-12-4-3-5-14(8-12)26-10-17(24)21-19(28)23-22-18(25)11-27-16-7-6-13(2)9-15(16)20/h3-9H,10-11H2,1-2H3,(H,22,25)(H2,21,23,24,28). The quantitative estimate of drug-likeness (QED) is 0.448. The maximum absolute atomic E-state index is 11.8. The Morgan fingerprint density at radius 1 is 0.964 bits per heavy atom. The van der Waals surface area contributed by atoms with Crippen LogP contribution in [0.1, 0.15) is 11.1 Å². The van der Waals surface area contributed by atoms with Gasteiger partial charge in [-0.15, -0.1) is 0 Å². The zero-order chi connectivity index (χ0) is 20.5. The molecule has 0 fully saturated rings. The molecule has 0 radical (unpaired) electrons. The fourth-order valence-corrected chi connectivity index (χ4v) is 2.85. The van der Waals surface area contributed by atoms with E-state index in [9.17, 15) is 9.59 Å². The van der Waals surface area contributed by atoms with Crippen LogP contribution in [-0.4, -0.2) is 30.1 Å². The topological polar surface area (TPSA) is 88.7 Å². The van der Waals surface area contributed by atoms with E-state index in [4.69, 9.17) is 21.7 Å². The van der Waals surface area contributed by atoms with E-state index in [0.717, 1.165) is 15.6 Å². The number of halogens is 1. The van der Waals surface area contributed by atoms with Crippen LogP contribution in [0.25, 0.3) is 0 Å². The lowest BCUT2D eigenvalue weighted by Crippen LogP contribution is -2.50. The van der Waals surface area contributed by atoms with Crippen LogP contribution < -0.4 is 25.6 Å². The van der Waals surface area contributed by atoms with Gasteiger partial charge in [0, 0.05) is 0 Å². The minimum Gasteiger partial charge on any atom is -0.484 e. The molecule has 0 bridgehead atoms. The first-order chi connectivity index (χ1) is 13.3. The van der Waals surface area contributed by atoms with Crippen molar-refractivity contribution in [1.29, 1.82) is 0 Å². The number of rotatable bonds is 6. The Hall–Kier alpha value is -2.65. The average molecular weight is 466 g/mol. The highest BCUT2D eigenvalue weighted by molar-refractivity contribution is 9.10. The van der Waals surface area contributed by atoms with Crippen molar-refractivity contribution in [2.75, 3.05) is 13.2 Å². The normalized spacial score (nSPS) is 9.96. The van der Waals surface area contributed by atoms with Gasteiger partial charge < -0.3 is 9.47 Å². The summed E-state index contributed by atoms with van der Waals surface area (Å²) >= 11 is 8.32. The summed E-state index contributed by atoms with van der Waals surface area (Å²) in [5.41, 5.74) is 6.87. The minimum atomic E-state index is -0.458. The molecule has 3 N–H and O–H groups in total. The summed E-state index contributed by atoms with van der Waals surface area (Å²) in [5, 5.41) is 2.35. The molecule has 0 aliphatic heterocycles. The van der Waals surface area contributed by atoms with E-state index in [2.05, 4.69) is 32.1 Å². The molecule has 9 heteroatoms. The Kier molecular flexibility index (Phi) is 8.21. The van der Waals surface area contributed by atoms with Gasteiger partial charge in [-0.25, -0.2) is 0 Å². The van der Waals surface area contributed by atoms with E-state index in [0.29, 0.717) is 11.5 Å². The molecule has 0 aliphatic carbocycles. The molecule has 28 heavy (non-hydrogen) atoms. The van der Waals surface area contributed by atoms with Crippen LogP contribution in [0.2, 0.25) is 0 Å². The molecule has 0 spiro atoms. The van der Waals surface area contributed by atoms with Gasteiger partial charge in [-0.1, -0.05) is 18.2 Å². The zero-order valence-corrected chi connectivity index (χ0v) is 17.8. The molecule has 0 saturated heterocycles. The third kappa shape index (κ3) is 7.53. The summed E-state index contributed by atoms with van der Waals surface area (Å²) < 4.78 is 11.5. The molecule has 0 saturated carbocycles. The molecule has 0 atom stereocenters. The van der Waals surface area contributed by atoms with Gasteiger partial charge in [0.1, 0.15) is 11.5 Å². The van der Waals surface area contributed by atoms with Gasteiger partial charge in [0.2, 0.25) is 0 Å². The number of hydrazine groups is 1. The monoisotopic (exact) mass is 465 g/mol. The number of thiocarbonyl (C=S) groups is 1. The highest BCUT2D eigenvalue weighted by Crippen LogP contribution is 2.25. The third-order valence-corrected chi connectivity index (χ3v) is 4.20. The maximum Gasteiger partial charge on any atom is 0.276 e. The van der Waals surface area contributed by atoms with Crippen molar-refractivity contribution < 1.29 is 19.1 Å². The van der Waals surface area contributed by atoms with Crippen LogP contribution in [0.5, 0.6) is 11.5 Å². The smallest absolute Gasteiger partial charge is 0.276 e. The molecule has 2 amide bonds. The lowest BCUT2D eigenvalue weighted by molar-refractivity contribution is -0.124. The molecule has 148 valence electrons. The third-order valence-electron chi connectivity index (χ3n) is 3.37. The number of hydrogen-bond donors (Lipinski definition) is 3. The van der Waals surface area contributed by atoms with Crippen LogP contribution in [0.15, 0.2) is 46.9 Å². The highest BCUT2D eigenvalue weighted by Gasteiger charge is 2.09. The van der Waals surface area contributed by atoms with Gasteiger partial charge in [0.25, 0.3) is 11.8 Å². The van der Waals surface area contributed by atoms with E-state index in [1.54, 1.807) is 12.1 Å². The molecular formula is C19H20BrN3O4S. The zero-order valence-electron chi connectivity index (χ0n) is 15.4. The summed E-state index contributed by atoms with van der Waals surface area (Å²) in [6.07, 6.45) is 0. The second-order valence-electron chi connectivity index (χ2n) is 5.88. The highest BCUT2D eigenvalue weighted by atomic mass is 79.9. The van der Waals surface area contributed by atoms with Gasteiger partial charge in [-0.2, -0.15) is 0 Å². The lowest BCUT2D eigenvalue weighted by Gasteiger charge is -2.12. The van der Waals surface area contributed by atoms with Crippen LogP contribution in [-0.2, 0) is 9.59 Å². The molecule has 0 heterocycles. The number of amides is 2. The fourth-order valence-electron chi connectivity index (χ4n) is 2.08. The summed E-state index contributed by atoms with van der Waals surface area (Å²) in [4.78, 5) is 23.6. The predicted molar refractivity (Wildman–Crippen MR) is 113 cm³/mol. The first kappa shape index (κ1) is 21.6. The number of ether oxygens (including phenoxy) is 2. The Balaban J connectivity index is 1.66. The van der Waals surface area contributed by atoms with Crippen molar-refractivity contribution in [2.45, 2.75) is 13.8 Å². The molecule has 7 nitrogen and oxygen atoms in total. The summed E-state index contributed by atoms with van der Waals surface area (Å²) in [6, 6.07) is 12.9. The molecular weight excluding hydrogens is 446 g/mol. The van der Waals surface area contributed by atoms with Crippen molar-refractivity contribution in [2.24, 2.45) is 0 Å². The summed E-state index contributed by atoms with van der Waals surface area (Å²) in [7, 11) is 0. The van der Waals surface area contributed by atoms with Crippen LogP contribution in [0, 0.1) is 13.8 Å². The molecule has 0 aromatic heterocycles. The van der Waals surface area contributed by atoms with E-state index >= 15 is 0 Å². The van der Waals surface area contributed by atoms with Crippen molar-refractivity contribution in [1.82, 2.24) is 16.2 Å². The predicted octanol–water partition coefficient (Wildman–Crippen LogP) is 2.55. The van der Waals surface area contributed by atoms with Gasteiger partial charge >= 0.3 is 0 Å². The Morgan fingerprint density at radius 3 is 2.39 bits per heavy atom. The molecule has 2 aromatic carbocycles. The van der Waals surface area contributed by atoms with Gasteiger partial charge in [0.05, 0.1) is 4.47 Å². The number of nitrogens with one attached hydrogen (secondary N) is 3. The number of carbonyl (C=O) groups excluding carboxylic acids is 2. The fraction of sp³-hybridized carbons (Fsp3) is 0.211. The summed E-state index contributed by atoms with van der Waals surface area (Å²) in [6.45, 7) is 3.45. The molecule has 2 rings (SSSR count). The Morgan fingerprint density at radius 2 is 1.68 bits per heavy atom. The first-order valence-corrected chi connectivity index (χ1v) is 9.50. The average Bonchev–Trinajstić information content (AvgIpc) is 2.64. The number of benzene rings is 2. The second kappa shape index (κ2) is 10.6. The SMILES string of the molecule is Cc1cccc(OCC(=O)NC(=S)NNC(=O)COc2ccc(C)cc2Br)c1. The first-order valence-electron chi connectivity index (χ1n) is 8.30. The molecule has 0 aliphatic rings. The number of hydrogen-bond acceptors (Lipinski definition) is 5. The van der Waals surface area contributed by atoms with Gasteiger partial charge in [-0.3, -0.25) is 25.8 Å². The van der Waals surface area contributed by atoms with Crippen molar-refractivity contribution in [3.8, 4) is 11.5 Å². The van der Waals surface area contributed by atoms with E-state index in [1.165, 1.54) is 0 Å². The van der Waals surface area contributed by atoms with Gasteiger partial charge in [0.15, 0.2) is 18.3 Å². The minimum absolute atomic E-state index is 0.0530. The Bertz CT molecular complexity index is 876. The van der Waals surface area contributed by atoms with Crippen molar-refractivity contribution in [3.05, 3.63) is 58.1 Å². The number of carbonyl (C=O) groups is 2. The van der Waals surface area contributed by atoms with Crippen LogP contribution >= 0.6 is 28.1 Å². The van der Waals surface area contributed by atoms with Gasteiger partial charge in [-0.05, 0) is 77.4 Å². The number of aryl methyl sites for hydroxylation is 2. The molecule has 0 unspecified atom stereocenters. The van der Waals surface area contributed by atoms with E-state index in [1.807, 2.05) is 44.2 Å². The van der Waals surface area contributed by atoms with E-state index < -0.39 is 11.8 Å². The van der Waals surface area contributed by atoms with Crippen molar-refractivity contribution >= 4 is 45.1 Å².